The van der Waals surface area contributed by atoms with Gasteiger partial charge in [0, 0.05) is 13.6 Å². The van der Waals surface area contributed by atoms with E-state index in [9.17, 15) is 9.59 Å². The molecule has 0 spiro atoms. The number of ether oxygens (including phenoxy) is 1. The fourth-order valence-corrected chi connectivity index (χ4v) is 1.66. The highest BCUT2D eigenvalue weighted by molar-refractivity contribution is 5.91. The van der Waals surface area contributed by atoms with Crippen molar-refractivity contribution in [3.8, 4) is 11.8 Å². The number of methoxy groups -OCH3 is 1. The van der Waals surface area contributed by atoms with Crippen LogP contribution in [0.1, 0.15) is 12.5 Å². The Morgan fingerprint density at radius 3 is 2.71 bits per heavy atom. The summed E-state index contributed by atoms with van der Waals surface area (Å²) in [5, 5.41) is 20.3. The van der Waals surface area contributed by atoms with Gasteiger partial charge in [0.25, 0.3) is 0 Å². The molecule has 1 unspecified atom stereocenters. The number of benzene rings is 1. The number of nitriles is 1. The van der Waals surface area contributed by atoms with Gasteiger partial charge >= 0.3 is 12.0 Å². The summed E-state index contributed by atoms with van der Waals surface area (Å²) in [4.78, 5) is 24.1. The molecule has 0 heterocycles. The number of nitrogens with zero attached hydrogens (tertiary/aromatic N) is 2. The average Bonchev–Trinajstić information content (AvgIpc) is 2.46. The van der Waals surface area contributed by atoms with E-state index in [4.69, 9.17) is 15.1 Å². The van der Waals surface area contributed by atoms with Crippen LogP contribution in [0, 0.1) is 17.2 Å². The number of nitrogens with one attached hydrogen (secondary N) is 1. The van der Waals surface area contributed by atoms with Crippen LogP contribution in [0.5, 0.6) is 5.75 Å². The van der Waals surface area contributed by atoms with Crippen molar-refractivity contribution < 1.29 is 19.4 Å². The summed E-state index contributed by atoms with van der Waals surface area (Å²) < 4.78 is 5.11. The number of anilines is 1. The molecule has 0 bridgehead atoms. The number of aliphatic carboxylic acids is 1. The third kappa shape index (κ3) is 4.38. The third-order valence-electron chi connectivity index (χ3n) is 2.89. The van der Waals surface area contributed by atoms with E-state index in [0.29, 0.717) is 17.0 Å². The SMILES string of the molecule is COc1ccc(C#N)cc1NC(=O)N(C)CC(C)C(=O)O. The molecule has 7 heteroatoms. The van der Waals surface area contributed by atoms with Crippen LogP contribution in [-0.4, -0.2) is 42.7 Å². The van der Waals surface area contributed by atoms with Gasteiger partial charge in [0.1, 0.15) is 5.75 Å². The second kappa shape index (κ2) is 7.14. The highest BCUT2D eigenvalue weighted by Crippen LogP contribution is 2.25. The van der Waals surface area contributed by atoms with Crippen molar-refractivity contribution in [2.45, 2.75) is 6.92 Å². The first-order valence-corrected chi connectivity index (χ1v) is 6.22. The largest absolute Gasteiger partial charge is 0.495 e. The molecular formula is C14H17N3O4. The number of hydrogen-bond acceptors (Lipinski definition) is 4. The van der Waals surface area contributed by atoms with Gasteiger partial charge in [-0.05, 0) is 18.2 Å². The standard InChI is InChI=1S/C14H17N3O4/c1-9(13(18)19)8-17(2)14(20)16-11-6-10(7-15)4-5-12(11)21-3/h4-6,9H,8H2,1-3H3,(H,16,20)(H,18,19). The van der Waals surface area contributed by atoms with E-state index in [1.54, 1.807) is 12.1 Å². The van der Waals surface area contributed by atoms with Gasteiger partial charge in [0.15, 0.2) is 0 Å². The van der Waals surface area contributed by atoms with E-state index in [-0.39, 0.29) is 6.54 Å². The summed E-state index contributed by atoms with van der Waals surface area (Å²) in [6.07, 6.45) is 0. The van der Waals surface area contributed by atoms with Gasteiger partial charge in [-0.1, -0.05) is 6.92 Å². The Morgan fingerprint density at radius 1 is 1.52 bits per heavy atom. The number of rotatable bonds is 5. The van der Waals surface area contributed by atoms with Crippen molar-refractivity contribution >= 4 is 17.7 Å². The number of carbonyl (C=O) groups is 2. The van der Waals surface area contributed by atoms with Crippen LogP contribution in [-0.2, 0) is 4.79 Å². The highest BCUT2D eigenvalue weighted by Gasteiger charge is 2.18. The molecule has 2 N–H and O–H groups in total. The lowest BCUT2D eigenvalue weighted by Gasteiger charge is -2.20. The molecule has 0 radical (unpaired) electrons. The molecule has 1 aromatic carbocycles. The van der Waals surface area contributed by atoms with E-state index in [1.807, 2.05) is 6.07 Å². The van der Waals surface area contributed by atoms with Crippen LogP contribution in [0.3, 0.4) is 0 Å². The molecule has 0 aromatic heterocycles. The third-order valence-corrected chi connectivity index (χ3v) is 2.89. The second-order valence-corrected chi connectivity index (χ2v) is 4.58. The van der Waals surface area contributed by atoms with Crippen LogP contribution < -0.4 is 10.1 Å². The first kappa shape index (κ1) is 16.3. The van der Waals surface area contributed by atoms with Crippen LogP contribution in [0.15, 0.2) is 18.2 Å². The zero-order chi connectivity index (χ0) is 16.0. The first-order valence-electron chi connectivity index (χ1n) is 6.22. The Bertz CT molecular complexity index is 580. The van der Waals surface area contributed by atoms with Crippen LogP contribution in [0.2, 0.25) is 0 Å². The van der Waals surface area contributed by atoms with Gasteiger partial charge in [-0.15, -0.1) is 0 Å². The molecule has 0 aliphatic rings. The van der Waals surface area contributed by atoms with Crippen molar-refractivity contribution in [3.63, 3.8) is 0 Å². The minimum absolute atomic E-state index is 0.0709. The molecule has 21 heavy (non-hydrogen) atoms. The molecule has 0 saturated carbocycles. The Kier molecular flexibility index (Phi) is 5.55. The summed E-state index contributed by atoms with van der Waals surface area (Å²) in [6, 6.07) is 6.14. The van der Waals surface area contributed by atoms with Gasteiger partial charge in [0.05, 0.1) is 30.3 Å². The van der Waals surface area contributed by atoms with Crippen molar-refractivity contribution in [2.75, 3.05) is 26.0 Å². The Morgan fingerprint density at radius 2 is 2.19 bits per heavy atom. The maximum absolute atomic E-state index is 12.0. The van der Waals surface area contributed by atoms with E-state index >= 15 is 0 Å². The van der Waals surface area contributed by atoms with Gasteiger partial charge in [-0.2, -0.15) is 5.26 Å². The van der Waals surface area contributed by atoms with Gasteiger partial charge in [-0.25, -0.2) is 4.79 Å². The van der Waals surface area contributed by atoms with Gasteiger partial charge in [0.2, 0.25) is 0 Å². The Hall–Kier alpha value is -2.75. The molecule has 0 aliphatic carbocycles. The minimum Gasteiger partial charge on any atom is -0.495 e. The Labute approximate surface area is 122 Å². The number of urea groups is 1. The predicted octanol–water partition coefficient (Wildman–Crippen LogP) is 1.75. The normalized spacial score (nSPS) is 11.1. The average molecular weight is 291 g/mol. The molecule has 2 amide bonds. The van der Waals surface area contributed by atoms with Gasteiger partial charge in [-0.3, -0.25) is 4.79 Å². The topological polar surface area (TPSA) is 103 Å². The zero-order valence-corrected chi connectivity index (χ0v) is 12.1. The fourth-order valence-electron chi connectivity index (χ4n) is 1.66. The number of carbonyl (C=O) groups excluding carboxylic acids is 1. The summed E-state index contributed by atoms with van der Waals surface area (Å²) in [5.74, 6) is -1.23. The minimum atomic E-state index is -0.973. The summed E-state index contributed by atoms with van der Waals surface area (Å²) >= 11 is 0. The van der Waals surface area contributed by atoms with Crippen molar-refractivity contribution in [2.24, 2.45) is 5.92 Å². The van der Waals surface area contributed by atoms with E-state index in [1.165, 1.54) is 32.0 Å². The molecule has 1 atom stereocenters. The van der Waals surface area contributed by atoms with E-state index in [0.717, 1.165) is 0 Å². The lowest BCUT2D eigenvalue weighted by Crippen LogP contribution is -2.36. The molecule has 7 nitrogen and oxygen atoms in total. The summed E-state index contributed by atoms with van der Waals surface area (Å²) in [6.45, 7) is 1.59. The predicted molar refractivity (Wildman–Crippen MR) is 76.2 cm³/mol. The van der Waals surface area contributed by atoms with Crippen LogP contribution >= 0.6 is 0 Å². The number of hydrogen-bond donors (Lipinski definition) is 2. The number of carboxylic acids is 1. The van der Waals surface area contributed by atoms with Gasteiger partial charge < -0.3 is 20.1 Å². The van der Waals surface area contributed by atoms with E-state index in [2.05, 4.69) is 5.32 Å². The van der Waals surface area contributed by atoms with Crippen LogP contribution in [0.25, 0.3) is 0 Å². The maximum atomic E-state index is 12.0. The molecule has 0 aliphatic heterocycles. The fraction of sp³-hybridized carbons (Fsp3) is 0.357. The molecular weight excluding hydrogens is 274 g/mol. The highest BCUT2D eigenvalue weighted by atomic mass is 16.5. The Balaban J connectivity index is 2.83. The monoisotopic (exact) mass is 291 g/mol. The lowest BCUT2D eigenvalue weighted by atomic mass is 10.2. The van der Waals surface area contributed by atoms with Crippen LogP contribution in [0.4, 0.5) is 10.5 Å². The lowest BCUT2D eigenvalue weighted by molar-refractivity contribution is -0.141. The molecule has 112 valence electrons. The number of carboxylic acid groups (broad SMARTS) is 1. The number of amides is 2. The molecule has 1 rings (SSSR count). The van der Waals surface area contributed by atoms with Crippen molar-refractivity contribution in [3.05, 3.63) is 23.8 Å². The van der Waals surface area contributed by atoms with Crippen molar-refractivity contribution in [1.82, 2.24) is 4.90 Å². The van der Waals surface area contributed by atoms with Crippen molar-refractivity contribution in [1.29, 1.82) is 5.26 Å². The summed E-state index contributed by atoms with van der Waals surface area (Å²) in [7, 11) is 2.95. The first-order chi connectivity index (χ1) is 9.88. The van der Waals surface area contributed by atoms with E-state index < -0.39 is 17.9 Å². The maximum Gasteiger partial charge on any atom is 0.321 e. The molecule has 0 fully saturated rings. The smallest absolute Gasteiger partial charge is 0.321 e. The zero-order valence-electron chi connectivity index (χ0n) is 12.1. The summed E-state index contributed by atoms with van der Waals surface area (Å²) in [5.41, 5.74) is 0.740. The molecule has 1 aromatic rings. The second-order valence-electron chi connectivity index (χ2n) is 4.58. The molecule has 0 saturated heterocycles. The quantitative estimate of drug-likeness (QED) is 0.860.